The molecule has 0 radical (unpaired) electrons. The molecule has 0 aromatic carbocycles. The van der Waals surface area contributed by atoms with Crippen molar-refractivity contribution in [3.8, 4) is 0 Å². The van der Waals surface area contributed by atoms with E-state index in [1.165, 1.54) is 6.33 Å². The summed E-state index contributed by atoms with van der Waals surface area (Å²) in [5, 5.41) is 18.6. The Morgan fingerprint density at radius 1 is 1.28 bits per heavy atom. The molecule has 0 saturated heterocycles. The van der Waals surface area contributed by atoms with E-state index in [0.29, 0.717) is 17.0 Å². The summed E-state index contributed by atoms with van der Waals surface area (Å²) in [6.07, 6.45) is 3.90. The van der Waals surface area contributed by atoms with Crippen molar-refractivity contribution < 1.29 is 10.2 Å². The van der Waals surface area contributed by atoms with Crippen molar-refractivity contribution in [2.75, 3.05) is 18.9 Å². The van der Waals surface area contributed by atoms with Gasteiger partial charge in [-0.2, -0.15) is 0 Å². The molecular formula is C11H15N5O2. The van der Waals surface area contributed by atoms with Crippen LogP contribution in [0.3, 0.4) is 0 Å². The van der Waals surface area contributed by atoms with Gasteiger partial charge in [-0.15, -0.1) is 0 Å². The number of nitrogen functional groups attached to an aromatic ring is 1. The highest BCUT2D eigenvalue weighted by atomic mass is 16.3. The van der Waals surface area contributed by atoms with Crippen LogP contribution in [0.1, 0.15) is 12.5 Å². The van der Waals surface area contributed by atoms with Crippen LogP contribution in [0.5, 0.6) is 0 Å². The van der Waals surface area contributed by atoms with Crippen LogP contribution in [0.2, 0.25) is 0 Å². The highest BCUT2D eigenvalue weighted by Gasteiger charge is 2.41. The molecule has 1 fully saturated rings. The van der Waals surface area contributed by atoms with E-state index in [1.807, 2.05) is 4.57 Å². The van der Waals surface area contributed by atoms with Crippen LogP contribution in [-0.2, 0) is 0 Å². The molecule has 7 heteroatoms. The molecule has 2 aromatic rings. The van der Waals surface area contributed by atoms with Gasteiger partial charge < -0.3 is 20.5 Å². The molecule has 1 aliphatic carbocycles. The van der Waals surface area contributed by atoms with E-state index in [4.69, 9.17) is 5.73 Å². The van der Waals surface area contributed by atoms with Crippen LogP contribution in [0, 0.1) is 11.8 Å². The normalized spacial score (nSPS) is 27.3. The maximum Gasteiger partial charge on any atom is 0.165 e. The molecule has 3 unspecified atom stereocenters. The molecule has 3 rings (SSSR count). The van der Waals surface area contributed by atoms with Crippen molar-refractivity contribution >= 4 is 17.0 Å². The Labute approximate surface area is 103 Å². The lowest BCUT2D eigenvalue weighted by Crippen LogP contribution is -2.42. The monoisotopic (exact) mass is 249 g/mol. The number of imidazole rings is 1. The molecule has 18 heavy (non-hydrogen) atoms. The molecule has 1 saturated carbocycles. The summed E-state index contributed by atoms with van der Waals surface area (Å²) in [7, 11) is 0. The number of nitrogens with zero attached hydrogens (tertiary/aromatic N) is 4. The number of aliphatic hydroxyl groups excluding tert-OH is 2. The first-order valence-electron chi connectivity index (χ1n) is 5.91. The second kappa shape index (κ2) is 4.18. The summed E-state index contributed by atoms with van der Waals surface area (Å²) in [5.41, 5.74) is 7.00. The topological polar surface area (TPSA) is 110 Å². The molecule has 0 amide bonds. The molecule has 0 bridgehead atoms. The highest BCUT2D eigenvalue weighted by molar-refractivity contribution is 5.81. The van der Waals surface area contributed by atoms with Gasteiger partial charge in [-0.05, 0) is 12.3 Å². The first-order chi connectivity index (χ1) is 8.76. The number of hydrogen-bond acceptors (Lipinski definition) is 6. The van der Waals surface area contributed by atoms with Crippen LogP contribution in [0.15, 0.2) is 12.7 Å². The van der Waals surface area contributed by atoms with Crippen molar-refractivity contribution in [2.24, 2.45) is 11.8 Å². The van der Waals surface area contributed by atoms with E-state index in [2.05, 4.69) is 15.0 Å². The van der Waals surface area contributed by atoms with Gasteiger partial charge >= 0.3 is 0 Å². The van der Waals surface area contributed by atoms with Crippen molar-refractivity contribution in [2.45, 2.75) is 12.5 Å². The number of hydrogen-bond donors (Lipinski definition) is 3. The van der Waals surface area contributed by atoms with E-state index in [9.17, 15) is 10.2 Å². The third kappa shape index (κ3) is 1.48. The fraction of sp³-hybridized carbons (Fsp3) is 0.545. The van der Waals surface area contributed by atoms with Gasteiger partial charge in [0.2, 0.25) is 0 Å². The van der Waals surface area contributed by atoms with E-state index in [1.54, 1.807) is 6.33 Å². The average Bonchev–Trinajstić information content (AvgIpc) is 2.75. The van der Waals surface area contributed by atoms with Crippen molar-refractivity contribution in [3.05, 3.63) is 12.7 Å². The quantitative estimate of drug-likeness (QED) is 0.681. The Hall–Kier alpha value is -1.73. The van der Waals surface area contributed by atoms with Crippen molar-refractivity contribution in [1.82, 2.24) is 19.5 Å². The van der Waals surface area contributed by atoms with Gasteiger partial charge in [-0.3, -0.25) is 0 Å². The molecule has 2 aromatic heterocycles. The van der Waals surface area contributed by atoms with Crippen LogP contribution in [-0.4, -0.2) is 42.9 Å². The zero-order valence-electron chi connectivity index (χ0n) is 9.77. The Kier molecular flexibility index (Phi) is 2.64. The molecule has 4 N–H and O–H groups in total. The lowest BCUT2D eigenvalue weighted by molar-refractivity contribution is -0.00529. The highest BCUT2D eigenvalue weighted by Crippen LogP contribution is 2.44. The van der Waals surface area contributed by atoms with Crippen LogP contribution < -0.4 is 5.73 Å². The minimum atomic E-state index is 0.0450. The van der Waals surface area contributed by atoms with Gasteiger partial charge in [0.1, 0.15) is 11.8 Å². The first-order valence-corrected chi connectivity index (χ1v) is 5.91. The standard InChI is InChI=1S/C11H15N5O2/c12-10-9-11(14-4-13-10)16(5-15-9)8-1-6(2-17)7(8)3-18/h4-8,17-18H,1-3H2,(H2,12,13,14). The summed E-state index contributed by atoms with van der Waals surface area (Å²) in [6, 6.07) is 0.117. The number of aromatic nitrogens is 4. The second-order valence-electron chi connectivity index (χ2n) is 4.68. The molecule has 1 aliphatic rings. The Bertz CT molecular complexity index is 570. The largest absolute Gasteiger partial charge is 0.396 e. The van der Waals surface area contributed by atoms with E-state index >= 15 is 0 Å². The lowest BCUT2D eigenvalue weighted by atomic mass is 9.70. The Morgan fingerprint density at radius 2 is 2.11 bits per heavy atom. The van der Waals surface area contributed by atoms with E-state index in [0.717, 1.165) is 6.42 Å². The summed E-state index contributed by atoms with van der Waals surface area (Å²) in [6.45, 7) is 0.154. The van der Waals surface area contributed by atoms with Gasteiger partial charge in [-0.25, -0.2) is 15.0 Å². The molecule has 2 heterocycles. The third-order valence-corrected chi connectivity index (χ3v) is 3.83. The van der Waals surface area contributed by atoms with Gasteiger partial charge in [0.15, 0.2) is 11.5 Å². The van der Waals surface area contributed by atoms with Crippen LogP contribution >= 0.6 is 0 Å². The van der Waals surface area contributed by atoms with Crippen LogP contribution in [0.4, 0.5) is 5.82 Å². The Balaban J connectivity index is 1.99. The van der Waals surface area contributed by atoms with Gasteiger partial charge in [-0.1, -0.05) is 0 Å². The maximum atomic E-state index is 9.38. The summed E-state index contributed by atoms with van der Waals surface area (Å²) >= 11 is 0. The zero-order valence-corrected chi connectivity index (χ0v) is 9.77. The average molecular weight is 249 g/mol. The predicted octanol–water partition coefficient (Wildman–Crippen LogP) is -0.430. The molecular weight excluding hydrogens is 234 g/mol. The van der Waals surface area contributed by atoms with Gasteiger partial charge in [0.05, 0.1) is 6.33 Å². The second-order valence-corrected chi connectivity index (χ2v) is 4.68. The fourth-order valence-electron chi connectivity index (χ4n) is 2.69. The number of rotatable bonds is 3. The van der Waals surface area contributed by atoms with E-state index in [-0.39, 0.29) is 31.1 Å². The smallest absolute Gasteiger partial charge is 0.165 e. The molecule has 3 atom stereocenters. The van der Waals surface area contributed by atoms with Crippen molar-refractivity contribution in [3.63, 3.8) is 0 Å². The Morgan fingerprint density at radius 3 is 2.83 bits per heavy atom. The zero-order chi connectivity index (χ0) is 12.7. The number of aliphatic hydroxyl groups is 2. The summed E-state index contributed by atoms with van der Waals surface area (Å²) in [4.78, 5) is 12.3. The SMILES string of the molecule is Nc1ncnc2c1ncn2C1CC(CO)C1CO. The van der Waals surface area contributed by atoms with Crippen LogP contribution in [0.25, 0.3) is 11.2 Å². The number of nitrogens with two attached hydrogens (primary N) is 1. The summed E-state index contributed by atoms with van der Waals surface area (Å²) < 4.78 is 1.92. The lowest BCUT2D eigenvalue weighted by Gasteiger charge is -2.43. The molecule has 7 nitrogen and oxygen atoms in total. The predicted molar refractivity (Wildman–Crippen MR) is 64.5 cm³/mol. The maximum absolute atomic E-state index is 9.38. The summed E-state index contributed by atoms with van der Waals surface area (Å²) in [5.74, 6) is 0.553. The third-order valence-electron chi connectivity index (χ3n) is 3.83. The fourth-order valence-corrected chi connectivity index (χ4v) is 2.69. The van der Waals surface area contributed by atoms with Crippen molar-refractivity contribution in [1.29, 1.82) is 0 Å². The minimum Gasteiger partial charge on any atom is -0.396 e. The van der Waals surface area contributed by atoms with E-state index < -0.39 is 0 Å². The van der Waals surface area contributed by atoms with Gasteiger partial charge in [0.25, 0.3) is 0 Å². The van der Waals surface area contributed by atoms with Gasteiger partial charge in [0, 0.05) is 25.2 Å². The molecule has 0 spiro atoms. The minimum absolute atomic E-state index is 0.0450. The molecule has 96 valence electrons. The molecule has 0 aliphatic heterocycles. The number of fused-ring (bicyclic) bond motifs is 1. The first kappa shape index (κ1) is 11.4. The number of anilines is 1.